The molecule has 1 fully saturated rings. The van der Waals surface area contributed by atoms with Gasteiger partial charge in [-0.15, -0.1) is 0 Å². The number of aryl methyl sites for hydroxylation is 1. The van der Waals surface area contributed by atoms with Gasteiger partial charge in [0.1, 0.15) is 12.4 Å². The Morgan fingerprint density at radius 2 is 2.07 bits per heavy atom. The van der Waals surface area contributed by atoms with Gasteiger partial charge >= 0.3 is 0 Å². The van der Waals surface area contributed by atoms with Crippen molar-refractivity contribution in [3.8, 4) is 11.3 Å². The fourth-order valence-corrected chi connectivity index (χ4v) is 4.26. The van der Waals surface area contributed by atoms with Crippen LogP contribution in [0.5, 0.6) is 0 Å². The van der Waals surface area contributed by atoms with E-state index in [4.69, 9.17) is 9.72 Å². The lowest BCUT2D eigenvalue weighted by Gasteiger charge is -2.23. The van der Waals surface area contributed by atoms with Gasteiger partial charge in [-0.1, -0.05) is 13.8 Å². The molecule has 1 aliphatic heterocycles. The summed E-state index contributed by atoms with van der Waals surface area (Å²) in [6.45, 7) is 11.1. The minimum Gasteiger partial charge on any atom is -0.369 e. The average Bonchev–Trinajstić information content (AvgIpc) is 3.35. The first kappa shape index (κ1) is 18.3. The second-order valence-electron chi connectivity index (χ2n) is 8.09. The Labute approximate surface area is 169 Å². The first-order valence-electron chi connectivity index (χ1n) is 10.2. The van der Waals surface area contributed by atoms with Gasteiger partial charge in [0.05, 0.1) is 29.0 Å². The first-order valence-corrected chi connectivity index (χ1v) is 10.2. The molecule has 0 bridgehead atoms. The third kappa shape index (κ3) is 2.92. The zero-order valence-electron chi connectivity index (χ0n) is 17.3. The molecular weight excluding hydrogens is 364 g/mol. The number of fused-ring (bicyclic) bond motifs is 2. The summed E-state index contributed by atoms with van der Waals surface area (Å²) in [6.07, 6.45) is 3.67. The summed E-state index contributed by atoms with van der Waals surface area (Å²) in [7, 11) is 0. The van der Waals surface area contributed by atoms with Gasteiger partial charge < -0.3 is 15.0 Å². The highest BCUT2D eigenvalue weighted by molar-refractivity contribution is 5.89. The number of morpholine rings is 1. The fraction of sp³-hybridized carbons (Fsp3) is 0.409. The number of hydrogen-bond acceptors (Lipinski definition) is 5. The summed E-state index contributed by atoms with van der Waals surface area (Å²) in [5.41, 5.74) is 9.78. The summed E-state index contributed by atoms with van der Waals surface area (Å²) < 4.78 is 7.78. The van der Waals surface area contributed by atoms with E-state index in [2.05, 4.69) is 66.4 Å². The Morgan fingerprint density at radius 1 is 1.21 bits per heavy atom. The van der Waals surface area contributed by atoms with Crippen molar-refractivity contribution >= 4 is 16.7 Å². The lowest BCUT2D eigenvalue weighted by Crippen LogP contribution is -2.33. The van der Waals surface area contributed by atoms with E-state index in [0.29, 0.717) is 5.92 Å². The second-order valence-corrected chi connectivity index (χ2v) is 8.09. The van der Waals surface area contributed by atoms with Crippen molar-refractivity contribution in [2.45, 2.75) is 39.7 Å². The first-order chi connectivity index (χ1) is 14.0. The van der Waals surface area contributed by atoms with Gasteiger partial charge in [-0.25, -0.2) is 14.5 Å². The van der Waals surface area contributed by atoms with Gasteiger partial charge in [0, 0.05) is 30.4 Å². The largest absolute Gasteiger partial charge is 0.369 e. The summed E-state index contributed by atoms with van der Waals surface area (Å²) in [4.78, 5) is 13.1. The van der Waals surface area contributed by atoms with Crippen molar-refractivity contribution in [3.63, 3.8) is 0 Å². The molecule has 4 aromatic heterocycles. The van der Waals surface area contributed by atoms with Crippen LogP contribution in [-0.2, 0) is 4.74 Å². The summed E-state index contributed by atoms with van der Waals surface area (Å²) in [6, 6.07) is 4.20. The maximum absolute atomic E-state index is 5.93. The molecule has 7 heteroatoms. The highest BCUT2D eigenvalue weighted by atomic mass is 16.5. The van der Waals surface area contributed by atoms with Crippen LogP contribution in [0, 0.1) is 13.8 Å². The quantitative estimate of drug-likeness (QED) is 0.558. The van der Waals surface area contributed by atoms with Crippen molar-refractivity contribution in [2.24, 2.45) is 0 Å². The van der Waals surface area contributed by atoms with Crippen LogP contribution in [0.1, 0.15) is 48.3 Å². The molecule has 0 radical (unpaired) electrons. The van der Waals surface area contributed by atoms with Gasteiger partial charge in [-0.3, -0.25) is 0 Å². The van der Waals surface area contributed by atoms with Crippen LogP contribution in [0.2, 0.25) is 0 Å². The molecule has 1 aliphatic rings. The zero-order valence-corrected chi connectivity index (χ0v) is 17.3. The van der Waals surface area contributed by atoms with Crippen molar-refractivity contribution in [1.29, 1.82) is 0 Å². The molecule has 7 nitrogen and oxygen atoms in total. The molecular formula is C22H26N6O. The monoisotopic (exact) mass is 390 g/mol. The van der Waals surface area contributed by atoms with E-state index in [9.17, 15) is 0 Å². The average molecular weight is 390 g/mol. The Bertz CT molecular complexity index is 1200. The number of aromatic nitrogens is 5. The number of ether oxygens (including phenoxy) is 1. The molecule has 150 valence electrons. The van der Waals surface area contributed by atoms with Gasteiger partial charge in [-0.05, 0) is 43.0 Å². The Balaban J connectivity index is 1.72. The minimum absolute atomic E-state index is 0.00184. The maximum atomic E-state index is 5.93. The molecule has 1 saturated heterocycles. The molecule has 0 amide bonds. The van der Waals surface area contributed by atoms with Crippen molar-refractivity contribution in [3.05, 3.63) is 47.0 Å². The van der Waals surface area contributed by atoms with Crippen molar-refractivity contribution in [2.75, 3.05) is 19.7 Å². The standard InChI is InChI=1S/C22H26N6O/c1-12(2)19-20(15-10-28-22(24-11-25-28)14(4)13(15)3)27-17-6-5-16(26-21(17)19)18-9-23-7-8-29-18/h5-6,10-12,18,23,27H,7-9H2,1-4H3. The zero-order chi connectivity index (χ0) is 20.1. The van der Waals surface area contributed by atoms with Crippen LogP contribution in [0.3, 0.4) is 0 Å². The molecule has 0 aliphatic carbocycles. The highest BCUT2D eigenvalue weighted by Gasteiger charge is 2.23. The van der Waals surface area contributed by atoms with Crippen LogP contribution in [0.15, 0.2) is 24.7 Å². The maximum Gasteiger partial charge on any atom is 0.158 e. The van der Waals surface area contributed by atoms with Crippen LogP contribution in [0.4, 0.5) is 0 Å². The van der Waals surface area contributed by atoms with Crippen LogP contribution < -0.4 is 5.32 Å². The van der Waals surface area contributed by atoms with E-state index in [1.165, 1.54) is 11.1 Å². The predicted octanol–water partition coefficient (Wildman–Crippen LogP) is 3.67. The molecule has 0 spiro atoms. The van der Waals surface area contributed by atoms with E-state index >= 15 is 0 Å². The predicted molar refractivity (Wildman–Crippen MR) is 113 cm³/mol. The fourth-order valence-electron chi connectivity index (χ4n) is 4.26. The summed E-state index contributed by atoms with van der Waals surface area (Å²) >= 11 is 0. The number of nitrogens with zero attached hydrogens (tertiary/aromatic N) is 4. The van der Waals surface area contributed by atoms with Crippen molar-refractivity contribution in [1.82, 2.24) is 29.9 Å². The number of H-pyrrole nitrogens is 1. The Hall–Kier alpha value is -2.77. The van der Waals surface area contributed by atoms with E-state index in [-0.39, 0.29) is 6.10 Å². The third-order valence-corrected chi connectivity index (χ3v) is 5.93. The molecule has 4 aromatic rings. The normalized spacial score (nSPS) is 17.6. The molecule has 1 atom stereocenters. The van der Waals surface area contributed by atoms with Gasteiger partial charge in [0.2, 0.25) is 0 Å². The minimum atomic E-state index is 0.00184. The topological polar surface area (TPSA) is 80.1 Å². The number of pyridine rings is 2. The number of nitrogens with one attached hydrogen (secondary N) is 2. The molecule has 0 saturated carbocycles. The van der Waals surface area contributed by atoms with Gasteiger partial charge in [-0.2, -0.15) is 5.10 Å². The molecule has 29 heavy (non-hydrogen) atoms. The number of rotatable bonds is 3. The van der Waals surface area contributed by atoms with Crippen LogP contribution in [0.25, 0.3) is 27.9 Å². The van der Waals surface area contributed by atoms with E-state index in [1.807, 2.05) is 4.52 Å². The highest BCUT2D eigenvalue weighted by Crippen LogP contribution is 2.37. The summed E-state index contributed by atoms with van der Waals surface area (Å²) in [5.74, 6) is 0.318. The lowest BCUT2D eigenvalue weighted by atomic mass is 9.95. The molecule has 5 rings (SSSR count). The Kier molecular flexibility index (Phi) is 4.37. The lowest BCUT2D eigenvalue weighted by molar-refractivity contribution is 0.0252. The van der Waals surface area contributed by atoms with E-state index in [0.717, 1.165) is 58.9 Å². The van der Waals surface area contributed by atoms with E-state index in [1.54, 1.807) is 6.33 Å². The molecule has 5 heterocycles. The number of aromatic amines is 1. The molecule has 1 unspecified atom stereocenters. The van der Waals surface area contributed by atoms with Crippen LogP contribution >= 0.6 is 0 Å². The smallest absolute Gasteiger partial charge is 0.158 e. The molecule has 2 N–H and O–H groups in total. The van der Waals surface area contributed by atoms with Gasteiger partial charge in [0.25, 0.3) is 0 Å². The second kappa shape index (κ2) is 6.93. The van der Waals surface area contributed by atoms with Crippen LogP contribution in [-0.4, -0.2) is 44.3 Å². The Morgan fingerprint density at radius 3 is 2.83 bits per heavy atom. The number of hydrogen-bond donors (Lipinski definition) is 2. The third-order valence-electron chi connectivity index (χ3n) is 5.93. The van der Waals surface area contributed by atoms with Crippen molar-refractivity contribution < 1.29 is 4.74 Å². The molecule has 0 aromatic carbocycles. The SMILES string of the molecule is Cc1c(-c2[nH]c3ccc(C4CNCCO4)nc3c2C(C)C)cn2ncnc2c1C. The van der Waals surface area contributed by atoms with Gasteiger partial charge in [0.15, 0.2) is 5.65 Å². The summed E-state index contributed by atoms with van der Waals surface area (Å²) in [5, 5.41) is 7.75. The van der Waals surface area contributed by atoms with E-state index < -0.39 is 0 Å².